The minimum Gasteiger partial charge on any atom is -0.494 e. The van der Waals surface area contributed by atoms with Crippen molar-refractivity contribution in [2.45, 2.75) is 26.9 Å². The largest absolute Gasteiger partial charge is 0.494 e. The first-order valence-electron chi connectivity index (χ1n) is 8.06. The van der Waals surface area contributed by atoms with Crippen molar-refractivity contribution in [3.8, 4) is 17.2 Å². The van der Waals surface area contributed by atoms with Gasteiger partial charge in [-0.15, -0.1) is 0 Å². The van der Waals surface area contributed by atoms with Gasteiger partial charge in [-0.2, -0.15) is 0 Å². The number of para-hydroxylation sites is 1. The Morgan fingerprint density at radius 3 is 2.38 bits per heavy atom. The maximum atomic E-state index is 12.4. The van der Waals surface area contributed by atoms with E-state index in [4.69, 9.17) is 14.2 Å². The van der Waals surface area contributed by atoms with Crippen LogP contribution in [0.25, 0.3) is 0 Å². The molecular formula is C19H23NO4. The molecule has 1 unspecified atom stereocenters. The zero-order chi connectivity index (χ0) is 17.4. The van der Waals surface area contributed by atoms with E-state index in [1.165, 1.54) is 0 Å². The minimum absolute atomic E-state index is 0.256. The van der Waals surface area contributed by atoms with Crippen LogP contribution < -0.4 is 19.5 Å². The highest BCUT2D eigenvalue weighted by Gasteiger charge is 2.17. The summed E-state index contributed by atoms with van der Waals surface area (Å²) in [6, 6.07) is 14.6. The van der Waals surface area contributed by atoms with Gasteiger partial charge in [-0.1, -0.05) is 18.2 Å². The normalized spacial score (nSPS) is 11.5. The Balaban J connectivity index is 2.09. The number of rotatable bonds is 8. The van der Waals surface area contributed by atoms with Gasteiger partial charge in [-0.3, -0.25) is 4.79 Å². The Morgan fingerprint density at radius 1 is 1.00 bits per heavy atom. The average Bonchev–Trinajstić information content (AvgIpc) is 2.58. The molecule has 0 saturated carbocycles. The van der Waals surface area contributed by atoms with E-state index in [-0.39, 0.29) is 5.91 Å². The monoisotopic (exact) mass is 329 g/mol. The Hall–Kier alpha value is -2.69. The second kappa shape index (κ2) is 8.82. The molecule has 1 amide bonds. The number of hydrogen-bond acceptors (Lipinski definition) is 4. The molecule has 24 heavy (non-hydrogen) atoms. The fourth-order valence-corrected chi connectivity index (χ4v) is 2.14. The van der Waals surface area contributed by atoms with Crippen LogP contribution in [0.1, 0.15) is 20.8 Å². The van der Waals surface area contributed by atoms with E-state index in [0.29, 0.717) is 36.1 Å². The van der Waals surface area contributed by atoms with Gasteiger partial charge in [0, 0.05) is 6.07 Å². The highest BCUT2D eigenvalue weighted by Crippen LogP contribution is 2.29. The molecule has 0 aliphatic heterocycles. The molecule has 2 aromatic rings. The van der Waals surface area contributed by atoms with Crippen LogP contribution in [0, 0.1) is 0 Å². The number of benzene rings is 2. The van der Waals surface area contributed by atoms with Gasteiger partial charge in [-0.05, 0) is 45.0 Å². The predicted octanol–water partition coefficient (Wildman–Crippen LogP) is 3.89. The SMILES string of the molecule is CCOc1ccc(OCC)c(NC(=O)C(C)Oc2ccccc2)c1. The highest BCUT2D eigenvalue weighted by molar-refractivity contribution is 5.95. The fourth-order valence-electron chi connectivity index (χ4n) is 2.14. The summed E-state index contributed by atoms with van der Waals surface area (Å²) in [5.41, 5.74) is 0.566. The predicted molar refractivity (Wildman–Crippen MR) is 93.9 cm³/mol. The molecule has 0 aliphatic rings. The molecule has 1 N–H and O–H groups in total. The molecule has 2 rings (SSSR count). The summed E-state index contributed by atoms with van der Waals surface area (Å²) in [7, 11) is 0. The van der Waals surface area contributed by atoms with Crippen LogP contribution >= 0.6 is 0 Å². The lowest BCUT2D eigenvalue weighted by atomic mass is 10.2. The molecule has 0 heterocycles. The van der Waals surface area contributed by atoms with E-state index in [0.717, 1.165) is 0 Å². The second-order valence-electron chi connectivity index (χ2n) is 5.09. The van der Waals surface area contributed by atoms with Crippen LogP contribution in [0.5, 0.6) is 17.2 Å². The van der Waals surface area contributed by atoms with Crippen molar-refractivity contribution in [1.82, 2.24) is 0 Å². The van der Waals surface area contributed by atoms with Gasteiger partial charge in [-0.25, -0.2) is 0 Å². The van der Waals surface area contributed by atoms with E-state index in [1.807, 2.05) is 50.2 Å². The van der Waals surface area contributed by atoms with Gasteiger partial charge < -0.3 is 19.5 Å². The summed E-state index contributed by atoms with van der Waals surface area (Å²) < 4.78 is 16.7. The molecular weight excluding hydrogens is 306 g/mol. The third-order valence-corrected chi connectivity index (χ3v) is 3.25. The molecule has 5 heteroatoms. The topological polar surface area (TPSA) is 56.8 Å². The first-order chi connectivity index (χ1) is 11.6. The number of anilines is 1. The summed E-state index contributed by atoms with van der Waals surface area (Å²) in [6.07, 6.45) is -0.641. The average molecular weight is 329 g/mol. The van der Waals surface area contributed by atoms with Crippen molar-refractivity contribution >= 4 is 11.6 Å². The van der Waals surface area contributed by atoms with Crippen molar-refractivity contribution in [1.29, 1.82) is 0 Å². The molecule has 0 saturated heterocycles. The molecule has 0 aliphatic carbocycles. The zero-order valence-electron chi connectivity index (χ0n) is 14.2. The van der Waals surface area contributed by atoms with E-state index >= 15 is 0 Å². The van der Waals surface area contributed by atoms with Gasteiger partial charge in [0.05, 0.1) is 18.9 Å². The van der Waals surface area contributed by atoms with Gasteiger partial charge in [0.25, 0.3) is 5.91 Å². The Bertz CT molecular complexity index is 658. The number of amides is 1. The standard InChI is InChI=1S/C19H23NO4/c1-4-22-16-11-12-18(23-5-2)17(13-16)20-19(21)14(3)24-15-9-7-6-8-10-15/h6-14H,4-5H2,1-3H3,(H,20,21). The van der Waals surface area contributed by atoms with Crippen molar-refractivity contribution in [2.24, 2.45) is 0 Å². The molecule has 1 atom stereocenters. The van der Waals surface area contributed by atoms with Crippen LogP contribution in [-0.2, 0) is 4.79 Å². The van der Waals surface area contributed by atoms with E-state index in [2.05, 4.69) is 5.32 Å². The van der Waals surface area contributed by atoms with Gasteiger partial charge in [0.1, 0.15) is 17.2 Å². The number of hydrogen-bond donors (Lipinski definition) is 1. The molecule has 128 valence electrons. The van der Waals surface area contributed by atoms with Crippen LogP contribution in [-0.4, -0.2) is 25.2 Å². The fraction of sp³-hybridized carbons (Fsp3) is 0.316. The molecule has 0 spiro atoms. The molecule has 5 nitrogen and oxygen atoms in total. The molecule has 0 fully saturated rings. The number of ether oxygens (including phenoxy) is 3. The Kier molecular flexibility index (Phi) is 6.49. The molecule has 0 radical (unpaired) electrons. The lowest BCUT2D eigenvalue weighted by Crippen LogP contribution is -2.30. The summed E-state index contributed by atoms with van der Waals surface area (Å²) in [4.78, 5) is 12.4. The third kappa shape index (κ3) is 4.91. The summed E-state index contributed by atoms with van der Waals surface area (Å²) in [5, 5.41) is 2.85. The molecule has 2 aromatic carbocycles. The minimum atomic E-state index is -0.641. The number of carbonyl (C=O) groups excluding carboxylic acids is 1. The van der Waals surface area contributed by atoms with E-state index in [9.17, 15) is 4.79 Å². The Labute approximate surface area is 142 Å². The maximum absolute atomic E-state index is 12.4. The summed E-state index contributed by atoms with van der Waals surface area (Å²) in [6.45, 7) is 6.56. The lowest BCUT2D eigenvalue weighted by Gasteiger charge is -2.17. The first-order valence-corrected chi connectivity index (χ1v) is 8.06. The third-order valence-electron chi connectivity index (χ3n) is 3.25. The van der Waals surface area contributed by atoms with Crippen LogP contribution in [0.3, 0.4) is 0 Å². The van der Waals surface area contributed by atoms with Gasteiger partial charge in [0.2, 0.25) is 0 Å². The lowest BCUT2D eigenvalue weighted by molar-refractivity contribution is -0.122. The molecule has 0 bridgehead atoms. The zero-order valence-corrected chi connectivity index (χ0v) is 14.2. The van der Waals surface area contributed by atoms with Gasteiger partial charge >= 0.3 is 0 Å². The van der Waals surface area contributed by atoms with E-state index < -0.39 is 6.10 Å². The number of nitrogens with one attached hydrogen (secondary N) is 1. The molecule has 0 aromatic heterocycles. The van der Waals surface area contributed by atoms with Crippen LogP contribution in [0.2, 0.25) is 0 Å². The van der Waals surface area contributed by atoms with Crippen molar-refractivity contribution in [3.63, 3.8) is 0 Å². The van der Waals surface area contributed by atoms with E-state index in [1.54, 1.807) is 19.1 Å². The quantitative estimate of drug-likeness (QED) is 0.798. The first kappa shape index (κ1) is 17.7. The van der Waals surface area contributed by atoms with Gasteiger partial charge in [0.15, 0.2) is 6.10 Å². The smallest absolute Gasteiger partial charge is 0.265 e. The number of carbonyl (C=O) groups is 1. The van der Waals surface area contributed by atoms with Crippen LogP contribution in [0.4, 0.5) is 5.69 Å². The Morgan fingerprint density at radius 2 is 1.71 bits per heavy atom. The summed E-state index contributed by atoms with van der Waals surface area (Å²) >= 11 is 0. The van der Waals surface area contributed by atoms with Crippen molar-refractivity contribution in [2.75, 3.05) is 18.5 Å². The maximum Gasteiger partial charge on any atom is 0.265 e. The van der Waals surface area contributed by atoms with Crippen LogP contribution in [0.15, 0.2) is 48.5 Å². The second-order valence-corrected chi connectivity index (χ2v) is 5.09. The van der Waals surface area contributed by atoms with Crippen molar-refractivity contribution < 1.29 is 19.0 Å². The van der Waals surface area contributed by atoms with Crippen molar-refractivity contribution in [3.05, 3.63) is 48.5 Å². The summed E-state index contributed by atoms with van der Waals surface area (Å²) in [5.74, 6) is 1.66. The highest BCUT2D eigenvalue weighted by atomic mass is 16.5.